The number of hydrogen-bond acceptors (Lipinski definition) is 6. The molecule has 2 rings (SSSR count). The zero-order valence-electron chi connectivity index (χ0n) is 16.7. The van der Waals surface area contributed by atoms with Crippen molar-refractivity contribution < 1.29 is 28.5 Å². The highest BCUT2D eigenvalue weighted by molar-refractivity contribution is 5.96. The molecule has 1 N–H and O–H groups in total. The molecule has 7 nitrogen and oxygen atoms in total. The molecule has 0 fully saturated rings. The lowest BCUT2D eigenvalue weighted by Crippen LogP contribution is -2.21. The van der Waals surface area contributed by atoms with E-state index >= 15 is 0 Å². The van der Waals surface area contributed by atoms with Gasteiger partial charge in [0.1, 0.15) is 0 Å². The van der Waals surface area contributed by atoms with Gasteiger partial charge in [0.2, 0.25) is 5.75 Å². The maximum Gasteiger partial charge on any atom is 0.338 e. The monoisotopic (exact) mass is 387 g/mol. The van der Waals surface area contributed by atoms with Crippen molar-refractivity contribution >= 4 is 17.6 Å². The van der Waals surface area contributed by atoms with Crippen molar-refractivity contribution in [1.82, 2.24) is 0 Å². The zero-order chi connectivity index (χ0) is 20.7. The smallest absolute Gasteiger partial charge is 0.338 e. The van der Waals surface area contributed by atoms with Gasteiger partial charge in [-0.15, -0.1) is 0 Å². The third kappa shape index (κ3) is 4.94. The topological polar surface area (TPSA) is 83.1 Å². The third-order valence-electron chi connectivity index (χ3n) is 4.09. The van der Waals surface area contributed by atoms with Gasteiger partial charge in [-0.1, -0.05) is 32.0 Å². The summed E-state index contributed by atoms with van der Waals surface area (Å²) >= 11 is 0. The molecule has 0 unspecified atom stereocenters. The van der Waals surface area contributed by atoms with Crippen LogP contribution >= 0.6 is 0 Å². The van der Waals surface area contributed by atoms with Crippen LogP contribution in [-0.4, -0.2) is 39.8 Å². The van der Waals surface area contributed by atoms with Crippen LogP contribution < -0.4 is 19.5 Å². The zero-order valence-corrected chi connectivity index (χ0v) is 16.7. The number of benzene rings is 2. The summed E-state index contributed by atoms with van der Waals surface area (Å²) in [4.78, 5) is 24.6. The van der Waals surface area contributed by atoms with Crippen LogP contribution in [0.3, 0.4) is 0 Å². The average Bonchev–Trinajstić information content (AvgIpc) is 2.70. The SMILES string of the molecule is COc1cc(C(=O)OCC(=O)Nc2ccccc2C(C)C)cc(OC)c1OC. The minimum Gasteiger partial charge on any atom is -0.493 e. The van der Waals surface area contributed by atoms with Gasteiger partial charge < -0.3 is 24.3 Å². The highest BCUT2D eigenvalue weighted by Crippen LogP contribution is 2.38. The van der Waals surface area contributed by atoms with E-state index in [1.807, 2.05) is 38.1 Å². The van der Waals surface area contributed by atoms with Crippen LogP contribution in [0.2, 0.25) is 0 Å². The quantitative estimate of drug-likeness (QED) is 0.697. The van der Waals surface area contributed by atoms with E-state index < -0.39 is 18.5 Å². The Balaban J connectivity index is 2.07. The van der Waals surface area contributed by atoms with Crippen LogP contribution in [0.1, 0.15) is 35.7 Å². The Labute approximate surface area is 164 Å². The summed E-state index contributed by atoms with van der Waals surface area (Å²) in [6.07, 6.45) is 0. The van der Waals surface area contributed by atoms with Gasteiger partial charge in [0.25, 0.3) is 5.91 Å². The van der Waals surface area contributed by atoms with E-state index in [-0.39, 0.29) is 11.5 Å². The number of hydrogen-bond donors (Lipinski definition) is 1. The van der Waals surface area contributed by atoms with E-state index in [1.165, 1.54) is 33.5 Å². The van der Waals surface area contributed by atoms with Crippen molar-refractivity contribution in [3.8, 4) is 17.2 Å². The lowest BCUT2D eigenvalue weighted by atomic mass is 10.0. The first-order valence-corrected chi connectivity index (χ1v) is 8.77. The fourth-order valence-corrected chi connectivity index (χ4v) is 2.71. The van der Waals surface area contributed by atoms with Crippen LogP contribution in [0.5, 0.6) is 17.2 Å². The van der Waals surface area contributed by atoms with Crippen LogP contribution in [0, 0.1) is 0 Å². The van der Waals surface area contributed by atoms with Crippen LogP contribution in [0.25, 0.3) is 0 Å². The Hall–Kier alpha value is -3.22. The van der Waals surface area contributed by atoms with Crippen molar-refractivity contribution in [2.45, 2.75) is 19.8 Å². The number of para-hydroxylation sites is 1. The summed E-state index contributed by atoms with van der Waals surface area (Å²) in [5, 5.41) is 2.78. The predicted molar refractivity (Wildman–Crippen MR) is 106 cm³/mol. The minimum atomic E-state index is -0.674. The molecule has 0 bridgehead atoms. The van der Waals surface area contributed by atoms with Crippen molar-refractivity contribution in [2.75, 3.05) is 33.3 Å². The van der Waals surface area contributed by atoms with E-state index in [0.29, 0.717) is 22.9 Å². The molecule has 2 aromatic rings. The molecule has 0 aliphatic rings. The number of rotatable bonds is 8. The van der Waals surface area contributed by atoms with E-state index in [0.717, 1.165) is 5.56 Å². The summed E-state index contributed by atoms with van der Waals surface area (Å²) in [5.74, 6) is 0.163. The van der Waals surface area contributed by atoms with Gasteiger partial charge in [-0.25, -0.2) is 4.79 Å². The Kier molecular flexibility index (Phi) is 7.26. The van der Waals surface area contributed by atoms with Crippen LogP contribution in [0.4, 0.5) is 5.69 Å². The number of nitrogens with one attached hydrogen (secondary N) is 1. The Morgan fingerprint density at radius 2 is 1.57 bits per heavy atom. The molecule has 150 valence electrons. The fraction of sp³-hybridized carbons (Fsp3) is 0.333. The van der Waals surface area contributed by atoms with Crippen LogP contribution in [0.15, 0.2) is 36.4 Å². The molecule has 0 radical (unpaired) electrons. The van der Waals surface area contributed by atoms with E-state index in [9.17, 15) is 9.59 Å². The van der Waals surface area contributed by atoms with Gasteiger partial charge in [-0.05, 0) is 29.7 Å². The molecule has 28 heavy (non-hydrogen) atoms. The third-order valence-corrected chi connectivity index (χ3v) is 4.09. The average molecular weight is 387 g/mol. The van der Waals surface area contributed by atoms with E-state index in [4.69, 9.17) is 18.9 Å². The summed E-state index contributed by atoms with van der Waals surface area (Å²) in [6.45, 7) is 3.66. The molecule has 7 heteroatoms. The molecule has 2 aromatic carbocycles. The largest absolute Gasteiger partial charge is 0.493 e. The van der Waals surface area contributed by atoms with Gasteiger partial charge in [0.05, 0.1) is 26.9 Å². The molecular weight excluding hydrogens is 362 g/mol. The number of anilines is 1. The Morgan fingerprint density at radius 3 is 2.11 bits per heavy atom. The standard InChI is InChI=1S/C21H25NO6/c1-13(2)15-8-6-7-9-16(15)22-19(23)12-28-21(24)14-10-17(25-3)20(27-5)18(11-14)26-4/h6-11,13H,12H2,1-5H3,(H,22,23). The molecule has 0 saturated heterocycles. The second-order valence-electron chi connectivity index (χ2n) is 6.28. The number of carbonyl (C=O) groups is 2. The highest BCUT2D eigenvalue weighted by atomic mass is 16.5. The van der Waals surface area contributed by atoms with Crippen molar-refractivity contribution in [1.29, 1.82) is 0 Å². The molecule has 0 spiro atoms. The van der Waals surface area contributed by atoms with Gasteiger partial charge in [-0.2, -0.15) is 0 Å². The van der Waals surface area contributed by atoms with Gasteiger partial charge >= 0.3 is 5.97 Å². The van der Waals surface area contributed by atoms with E-state index in [2.05, 4.69) is 5.32 Å². The molecule has 0 heterocycles. The molecule has 0 aliphatic carbocycles. The van der Waals surface area contributed by atoms with Crippen molar-refractivity contribution in [3.05, 3.63) is 47.5 Å². The molecule has 0 atom stereocenters. The second-order valence-corrected chi connectivity index (χ2v) is 6.28. The van der Waals surface area contributed by atoms with Gasteiger partial charge in [-0.3, -0.25) is 4.79 Å². The first kappa shape index (κ1) is 21.1. The van der Waals surface area contributed by atoms with Gasteiger partial charge in [0.15, 0.2) is 18.1 Å². The maximum absolute atomic E-state index is 12.4. The second kappa shape index (κ2) is 9.64. The van der Waals surface area contributed by atoms with E-state index in [1.54, 1.807) is 0 Å². The first-order valence-electron chi connectivity index (χ1n) is 8.77. The molecule has 0 aliphatic heterocycles. The summed E-state index contributed by atoms with van der Waals surface area (Å²) < 4.78 is 20.8. The maximum atomic E-state index is 12.4. The predicted octanol–water partition coefficient (Wildman–Crippen LogP) is 3.63. The lowest BCUT2D eigenvalue weighted by Gasteiger charge is -2.15. The van der Waals surface area contributed by atoms with Crippen molar-refractivity contribution in [3.63, 3.8) is 0 Å². The number of ether oxygens (including phenoxy) is 4. The normalized spacial score (nSPS) is 10.4. The van der Waals surface area contributed by atoms with Gasteiger partial charge in [0, 0.05) is 5.69 Å². The van der Waals surface area contributed by atoms with Crippen molar-refractivity contribution in [2.24, 2.45) is 0 Å². The molecular formula is C21H25NO6. The minimum absolute atomic E-state index is 0.185. The first-order chi connectivity index (χ1) is 13.4. The summed E-state index contributed by atoms with van der Waals surface area (Å²) in [7, 11) is 4.37. The number of methoxy groups -OCH3 is 3. The number of carbonyl (C=O) groups excluding carboxylic acids is 2. The lowest BCUT2D eigenvalue weighted by molar-refractivity contribution is -0.119. The molecule has 0 aromatic heterocycles. The summed E-state index contributed by atoms with van der Waals surface area (Å²) in [5.41, 5.74) is 1.89. The Morgan fingerprint density at radius 1 is 0.964 bits per heavy atom. The number of esters is 1. The molecule has 0 saturated carbocycles. The summed E-state index contributed by atoms with van der Waals surface area (Å²) in [6, 6.07) is 10.4. The Bertz CT molecular complexity index is 822. The van der Waals surface area contributed by atoms with Crippen LogP contribution in [-0.2, 0) is 9.53 Å². The molecule has 1 amide bonds. The fourth-order valence-electron chi connectivity index (χ4n) is 2.71. The highest BCUT2D eigenvalue weighted by Gasteiger charge is 2.19. The number of amides is 1.